The summed E-state index contributed by atoms with van der Waals surface area (Å²) in [5.74, 6) is -0.760. The Morgan fingerprint density at radius 2 is 2.00 bits per heavy atom. The van der Waals surface area contributed by atoms with Crippen molar-refractivity contribution in [3.63, 3.8) is 0 Å². The summed E-state index contributed by atoms with van der Waals surface area (Å²) in [5, 5.41) is 0. The van der Waals surface area contributed by atoms with Crippen molar-refractivity contribution in [3.8, 4) is 0 Å². The maximum atomic E-state index is 13.7. The molecule has 0 atom stereocenters. The van der Waals surface area contributed by atoms with Crippen LogP contribution in [-0.2, 0) is 10.0 Å². The van der Waals surface area contributed by atoms with Crippen molar-refractivity contribution in [1.82, 2.24) is 4.72 Å². The minimum absolute atomic E-state index is 0.324. The molecule has 0 amide bonds. The standard InChI is InChI=1S/C12H17BrFNO2S/c1-4-7-12(2,3)15-18(16,17)11-6-5-9(13)8-10(11)14/h5-6,8,15H,4,7H2,1-3H3. The summed E-state index contributed by atoms with van der Waals surface area (Å²) in [4.78, 5) is -0.324. The van der Waals surface area contributed by atoms with Gasteiger partial charge in [0.05, 0.1) is 0 Å². The predicted octanol–water partition coefficient (Wildman–Crippen LogP) is 3.45. The molecule has 3 nitrogen and oxygen atoms in total. The average Bonchev–Trinajstić information content (AvgIpc) is 2.14. The summed E-state index contributed by atoms with van der Waals surface area (Å²) in [6.45, 7) is 5.53. The Balaban J connectivity index is 3.07. The van der Waals surface area contributed by atoms with Gasteiger partial charge in [0.1, 0.15) is 10.7 Å². The number of benzene rings is 1. The van der Waals surface area contributed by atoms with Gasteiger partial charge in [0.25, 0.3) is 0 Å². The van der Waals surface area contributed by atoms with E-state index < -0.39 is 21.4 Å². The van der Waals surface area contributed by atoms with Crippen LogP contribution in [0.3, 0.4) is 0 Å². The van der Waals surface area contributed by atoms with Gasteiger partial charge in [0.15, 0.2) is 0 Å². The quantitative estimate of drug-likeness (QED) is 0.894. The third-order valence-electron chi connectivity index (χ3n) is 2.47. The number of hydrogen-bond acceptors (Lipinski definition) is 2. The Labute approximate surface area is 116 Å². The highest BCUT2D eigenvalue weighted by molar-refractivity contribution is 9.10. The van der Waals surface area contributed by atoms with Crippen molar-refractivity contribution < 1.29 is 12.8 Å². The van der Waals surface area contributed by atoms with E-state index in [0.717, 1.165) is 12.5 Å². The van der Waals surface area contributed by atoms with E-state index in [0.29, 0.717) is 10.9 Å². The molecule has 0 aliphatic rings. The number of sulfonamides is 1. The molecule has 0 spiro atoms. The minimum atomic E-state index is -3.83. The van der Waals surface area contributed by atoms with Gasteiger partial charge in [-0.3, -0.25) is 0 Å². The highest BCUT2D eigenvalue weighted by Gasteiger charge is 2.27. The van der Waals surface area contributed by atoms with Crippen molar-refractivity contribution in [1.29, 1.82) is 0 Å². The second-order valence-corrected chi connectivity index (χ2v) is 7.38. The summed E-state index contributed by atoms with van der Waals surface area (Å²) in [5.41, 5.74) is -0.590. The van der Waals surface area contributed by atoms with Crippen molar-refractivity contribution in [2.45, 2.75) is 44.0 Å². The lowest BCUT2D eigenvalue weighted by molar-refractivity contribution is 0.416. The molecule has 1 rings (SSSR count). The molecular formula is C12H17BrFNO2S. The summed E-state index contributed by atoms with van der Waals surface area (Å²) in [6, 6.07) is 3.90. The molecule has 18 heavy (non-hydrogen) atoms. The number of hydrogen-bond donors (Lipinski definition) is 1. The molecule has 1 aromatic rings. The van der Waals surface area contributed by atoms with E-state index in [-0.39, 0.29) is 4.90 Å². The number of rotatable bonds is 5. The summed E-state index contributed by atoms with van der Waals surface area (Å²) >= 11 is 3.09. The van der Waals surface area contributed by atoms with Crippen LogP contribution in [0.1, 0.15) is 33.6 Å². The van der Waals surface area contributed by atoms with Crippen LogP contribution in [0.5, 0.6) is 0 Å². The Kier molecular flexibility index (Phi) is 4.91. The fourth-order valence-electron chi connectivity index (χ4n) is 1.79. The molecule has 1 N–H and O–H groups in total. The molecule has 0 aromatic heterocycles. The lowest BCUT2D eigenvalue weighted by Crippen LogP contribution is -2.43. The van der Waals surface area contributed by atoms with Crippen LogP contribution in [-0.4, -0.2) is 14.0 Å². The molecule has 0 saturated heterocycles. The SMILES string of the molecule is CCCC(C)(C)NS(=O)(=O)c1ccc(Br)cc1F. The molecule has 6 heteroatoms. The molecule has 0 aliphatic carbocycles. The predicted molar refractivity (Wildman–Crippen MR) is 73.4 cm³/mol. The largest absolute Gasteiger partial charge is 0.243 e. The molecule has 0 fully saturated rings. The smallest absolute Gasteiger partial charge is 0.207 e. The summed E-state index contributed by atoms with van der Waals surface area (Å²) in [6.07, 6.45) is 1.53. The van der Waals surface area contributed by atoms with E-state index in [4.69, 9.17) is 0 Å². The molecule has 0 bridgehead atoms. The van der Waals surface area contributed by atoms with Crippen LogP contribution in [0.25, 0.3) is 0 Å². The second kappa shape index (κ2) is 5.67. The minimum Gasteiger partial charge on any atom is -0.207 e. The highest BCUT2D eigenvalue weighted by Crippen LogP contribution is 2.22. The van der Waals surface area contributed by atoms with E-state index in [2.05, 4.69) is 20.7 Å². The molecule has 0 radical (unpaired) electrons. The Morgan fingerprint density at radius 1 is 1.39 bits per heavy atom. The van der Waals surface area contributed by atoms with E-state index in [1.807, 2.05) is 6.92 Å². The molecule has 0 saturated carbocycles. The van der Waals surface area contributed by atoms with E-state index in [9.17, 15) is 12.8 Å². The van der Waals surface area contributed by atoms with Gasteiger partial charge in [-0.1, -0.05) is 29.3 Å². The topological polar surface area (TPSA) is 46.2 Å². The fourth-order valence-corrected chi connectivity index (χ4v) is 3.62. The lowest BCUT2D eigenvalue weighted by atomic mass is 10.0. The van der Waals surface area contributed by atoms with E-state index in [1.54, 1.807) is 13.8 Å². The van der Waals surface area contributed by atoms with Gasteiger partial charge in [-0.2, -0.15) is 0 Å². The van der Waals surface area contributed by atoms with Crippen LogP contribution in [0.2, 0.25) is 0 Å². The summed E-state index contributed by atoms with van der Waals surface area (Å²) < 4.78 is 40.9. The van der Waals surface area contributed by atoms with Gasteiger partial charge in [0.2, 0.25) is 10.0 Å². The van der Waals surface area contributed by atoms with Gasteiger partial charge in [0, 0.05) is 10.0 Å². The molecular weight excluding hydrogens is 321 g/mol. The highest BCUT2D eigenvalue weighted by atomic mass is 79.9. The van der Waals surface area contributed by atoms with Gasteiger partial charge in [-0.15, -0.1) is 0 Å². The first-order valence-electron chi connectivity index (χ1n) is 5.67. The molecule has 0 heterocycles. The first-order valence-corrected chi connectivity index (χ1v) is 7.94. The molecule has 102 valence electrons. The van der Waals surface area contributed by atoms with Gasteiger partial charge in [-0.05, 0) is 38.5 Å². The molecule has 1 aromatic carbocycles. The Hall–Kier alpha value is -0.460. The van der Waals surface area contributed by atoms with Crippen molar-refractivity contribution >= 4 is 26.0 Å². The maximum Gasteiger partial charge on any atom is 0.243 e. The van der Waals surface area contributed by atoms with Gasteiger partial charge >= 0.3 is 0 Å². The van der Waals surface area contributed by atoms with Crippen LogP contribution in [0.15, 0.2) is 27.6 Å². The van der Waals surface area contributed by atoms with Gasteiger partial charge < -0.3 is 0 Å². The first-order chi connectivity index (χ1) is 8.18. The zero-order valence-electron chi connectivity index (χ0n) is 10.6. The average molecular weight is 338 g/mol. The zero-order valence-corrected chi connectivity index (χ0v) is 13.0. The van der Waals surface area contributed by atoms with E-state index >= 15 is 0 Å². The molecule has 0 aliphatic heterocycles. The Bertz CT molecular complexity index is 529. The summed E-state index contributed by atoms with van der Waals surface area (Å²) in [7, 11) is -3.83. The van der Waals surface area contributed by atoms with Crippen molar-refractivity contribution in [2.75, 3.05) is 0 Å². The van der Waals surface area contributed by atoms with Crippen LogP contribution >= 0.6 is 15.9 Å². The normalized spacial score (nSPS) is 12.7. The third kappa shape index (κ3) is 4.03. The van der Waals surface area contributed by atoms with Crippen molar-refractivity contribution in [2.24, 2.45) is 0 Å². The zero-order chi connectivity index (χ0) is 14.0. The number of nitrogens with one attached hydrogen (secondary N) is 1. The van der Waals surface area contributed by atoms with Crippen molar-refractivity contribution in [3.05, 3.63) is 28.5 Å². The lowest BCUT2D eigenvalue weighted by Gasteiger charge is -2.25. The van der Waals surface area contributed by atoms with Crippen LogP contribution < -0.4 is 4.72 Å². The van der Waals surface area contributed by atoms with Crippen LogP contribution in [0, 0.1) is 5.82 Å². The molecule has 0 unspecified atom stereocenters. The Morgan fingerprint density at radius 3 is 2.50 bits per heavy atom. The third-order valence-corrected chi connectivity index (χ3v) is 4.69. The maximum absolute atomic E-state index is 13.7. The number of halogens is 2. The van der Waals surface area contributed by atoms with Gasteiger partial charge in [-0.25, -0.2) is 17.5 Å². The second-order valence-electron chi connectivity index (χ2n) is 4.81. The van der Waals surface area contributed by atoms with E-state index in [1.165, 1.54) is 12.1 Å². The first kappa shape index (κ1) is 15.6. The monoisotopic (exact) mass is 337 g/mol. The van der Waals surface area contributed by atoms with Crippen LogP contribution in [0.4, 0.5) is 4.39 Å². The fraction of sp³-hybridized carbons (Fsp3) is 0.500.